The van der Waals surface area contributed by atoms with Crippen LogP contribution in [0, 0.1) is 0 Å². The lowest BCUT2D eigenvalue weighted by Gasteiger charge is -2.12. The van der Waals surface area contributed by atoms with Crippen molar-refractivity contribution in [2.24, 2.45) is 0 Å². The molecule has 2 amide bonds. The zero-order valence-electron chi connectivity index (χ0n) is 14.6. The fraction of sp³-hybridized carbons (Fsp3) is 0.350. The Labute approximate surface area is 148 Å². The zero-order valence-corrected chi connectivity index (χ0v) is 14.6. The highest BCUT2D eigenvalue weighted by atomic mass is 16.5. The van der Waals surface area contributed by atoms with Gasteiger partial charge in [0.15, 0.2) is 0 Å². The molecule has 2 aromatic carbocycles. The first kappa shape index (κ1) is 17.3. The van der Waals surface area contributed by atoms with Gasteiger partial charge in [0.05, 0.1) is 13.7 Å². The molecule has 2 atom stereocenters. The van der Waals surface area contributed by atoms with Crippen LogP contribution < -0.4 is 15.4 Å². The Balaban J connectivity index is 1.58. The molecular weight excluding hydrogens is 316 g/mol. The monoisotopic (exact) mass is 340 g/mol. The number of ether oxygens (including phenoxy) is 2. The molecule has 1 fully saturated rings. The molecule has 0 radical (unpaired) electrons. The van der Waals surface area contributed by atoms with E-state index in [4.69, 9.17) is 9.47 Å². The number of para-hydroxylation sites is 2. The molecule has 5 nitrogen and oxygen atoms in total. The molecular formula is C20H24N2O3. The minimum Gasteiger partial charge on any atom is -0.496 e. The van der Waals surface area contributed by atoms with Gasteiger partial charge < -0.3 is 20.1 Å². The first-order valence-corrected chi connectivity index (χ1v) is 8.59. The number of benzene rings is 2. The second-order valence-electron chi connectivity index (χ2n) is 6.08. The van der Waals surface area contributed by atoms with Gasteiger partial charge in [-0.3, -0.25) is 0 Å². The summed E-state index contributed by atoms with van der Waals surface area (Å²) in [5.74, 6) is 1.18. The van der Waals surface area contributed by atoms with E-state index in [1.54, 1.807) is 7.11 Å². The van der Waals surface area contributed by atoms with E-state index in [9.17, 15) is 4.79 Å². The van der Waals surface area contributed by atoms with Crippen LogP contribution in [0.25, 0.3) is 0 Å². The molecule has 2 unspecified atom stereocenters. The normalized spacial score (nSPS) is 18.5. The molecule has 0 spiro atoms. The number of amides is 2. The Morgan fingerprint density at radius 1 is 1.16 bits per heavy atom. The van der Waals surface area contributed by atoms with Crippen molar-refractivity contribution < 1.29 is 14.3 Å². The van der Waals surface area contributed by atoms with Gasteiger partial charge in [-0.05, 0) is 31.0 Å². The summed E-state index contributed by atoms with van der Waals surface area (Å²) in [5, 5.41) is 5.97. The Hall–Kier alpha value is -2.53. The van der Waals surface area contributed by atoms with E-state index in [2.05, 4.69) is 16.7 Å². The van der Waals surface area contributed by atoms with E-state index in [-0.39, 0.29) is 12.1 Å². The second kappa shape index (κ2) is 8.03. The SMILES string of the molecule is CCOCc1ccccc1NC(=O)NC1CC1c1ccccc1OC. The minimum absolute atomic E-state index is 0.135. The third-order valence-corrected chi connectivity index (χ3v) is 4.37. The largest absolute Gasteiger partial charge is 0.496 e. The lowest BCUT2D eigenvalue weighted by atomic mass is 10.1. The molecule has 1 saturated carbocycles. The van der Waals surface area contributed by atoms with E-state index in [0.717, 1.165) is 29.0 Å². The van der Waals surface area contributed by atoms with E-state index in [1.165, 1.54) is 0 Å². The van der Waals surface area contributed by atoms with Crippen LogP contribution in [0.2, 0.25) is 0 Å². The number of rotatable bonds is 7. The van der Waals surface area contributed by atoms with Gasteiger partial charge in [0, 0.05) is 29.8 Å². The van der Waals surface area contributed by atoms with Crippen molar-refractivity contribution in [3.05, 3.63) is 59.7 Å². The summed E-state index contributed by atoms with van der Waals surface area (Å²) in [4.78, 5) is 12.3. The van der Waals surface area contributed by atoms with Gasteiger partial charge in [0.2, 0.25) is 0 Å². The van der Waals surface area contributed by atoms with Crippen LogP contribution in [0.4, 0.5) is 10.5 Å². The summed E-state index contributed by atoms with van der Waals surface area (Å²) in [5.41, 5.74) is 2.89. The highest BCUT2D eigenvalue weighted by molar-refractivity contribution is 5.90. The lowest BCUT2D eigenvalue weighted by Crippen LogP contribution is -2.31. The molecule has 0 heterocycles. The number of nitrogens with one attached hydrogen (secondary N) is 2. The van der Waals surface area contributed by atoms with Crippen molar-refractivity contribution in [3.63, 3.8) is 0 Å². The molecule has 0 saturated heterocycles. The second-order valence-corrected chi connectivity index (χ2v) is 6.08. The Bertz CT molecular complexity index is 732. The number of anilines is 1. The summed E-state index contributed by atoms with van der Waals surface area (Å²) in [6.45, 7) is 3.08. The average molecular weight is 340 g/mol. The molecule has 2 aromatic rings. The molecule has 5 heteroatoms. The summed E-state index contributed by atoms with van der Waals surface area (Å²) in [6.07, 6.45) is 0.925. The van der Waals surface area contributed by atoms with Crippen molar-refractivity contribution in [1.82, 2.24) is 5.32 Å². The molecule has 0 bridgehead atoms. The average Bonchev–Trinajstić information content (AvgIpc) is 3.39. The fourth-order valence-corrected chi connectivity index (χ4v) is 2.98. The Kier molecular flexibility index (Phi) is 5.56. The highest BCUT2D eigenvalue weighted by Crippen LogP contribution is 2.44. The summed E-state index contributed by atoms with van der Waals surface area (Å²) in [6, 6.07) is 15.6. The molecule has 2 N–H and O–H groups in total. The standard InChI is InChI=1S/C20H24N2O3/c1-3-25-13-14-8-4-6-10-17(14)21-20(23)22-18-12-16(18)15-9-5-7-11-19(15)24-2/h4-11,16,18H,3,12-13H2,1-2H3,(H2,21,22,23). The van der Waals surface area contributed by atoms with Gasteiger partial charge in [-0.15, -0.1) is 0 Å². The van der Waals surface area contributed by atoms with E-state index < -0.39 is 0 Å². The maximum absolute atomic E-state index is 12.3. The third kappa shape index (κ3) is 4.31. The number of hydrogen-bond donors (Lipinski definition) is 2. The molecule has 3 rings (SSSR count). The van der Waals surface area contributed by atoms with Crippen LogP contribution in [0.15, 0.2) is 48.5 Å². The molecule has 0 aromatic heterocycles. The van der Waals surface area contributed by atoms with Gasteiger partial charge in [-0.25, -0.2) is 4.79 Å². The fourth-order valence-electron chi connectivity index (χ4n) is 2.98. The first-order chi connectivity index (χ1) is 12.2. The molecule has 0 aliphatic heterocycles. The van der Waals surface area contributed by atoms with Gasteiger partial charge in [-0.2, -0.15) is 0 Å². The van der Waals surface area contributed by atoms with Gasteiger partial charge in [0.25, 0.3) is 0 Å². The molecule has 1 aliphatic rings. The van der Waals surface area contributed by atoms with Crippen molar-refractivity contribution in [2.75, 3.05) is 19.0 Å². The molecule has 25 heavy (non-hydrogen) atoms. The van der Waals surface area contributed by atoms with Gasteiger partial charge >= 0.3 is 6.03 Å². The molecule has 132 valence electrons. The Morgan fingerprint density at radius 3 is 2.72 bits per heavy atom. The summed E-state index contributed by atoms with van der Waals surface area (Å²) in [7, 11) is 1.67. The topological polar surface area (TPSA) is 59.6 Å². The quantitative estimate of drug-likeness (QED) is 0.803. The zero-order chi connectivity index (χ0) is 17.6. The number of hydrogen-bond acceptors (Lipinski definition) is 3. The van der Waals surface area contributed by atoms with Crippen LogP contribution in [0.3, 0.4) is 0 Å². The van der Waals surface area contributed by atoms with Crippen molar-refractivity contribution >= 4 is 11.7 Å². The lowest BCUT2D eigenvalue weighted by molar-refractivity contribution is 0.134. The number of methoxy groups -OCH3 is 1. The van der Waals surface area contributed by atoms with E-state index in [0.29, 0.717) is 19.1 Å². The number of carbonyl (C=O) groups excluding carboxylic acids is 1. The third-order valence-electron chi connectivity index (χ3n) is 4.37. The number of urea groups is 1. The molecule has 1 aliphatic carbocycles. The van der Waals surface area contributed by atoms with Crippen molar-refractivity contribution in [1.29, 1.82) is 0 Å². The predicted octanol–water partition coefficient (Wildman–Crippen LogP) is 3.91. The van der Waals surface area contributed by atoms with Crippen LogP contribution in [0.5, 0.6) is 5.75 Å². The van der Waals surface area contributed by atoms with Gasteiger partial charge in [0.1, 0.15) is 5.75 Å². The van der Waals surface area contributed by atoms with Crippen LogP contribution >= 0.6 is 0 Å². The summed E-state index contributed by atoms with van der Waals surface area (Å²) >= 11 is 0. The maximum Gasteiger partial charge on any atom is 0.319 e. The number of carbonyl (C=O) groups is 1. The van der Waals surface area contributed by atoms with E-state index >= 15 is 0 Å². The van der Waals surface area contributed by atoms with Crippen molar-refractivity contribution in [3.8, 4) is 5.75 Å². The highest BCUT2D eigenvalue weighted by Gasteiger charge is 2.41. The Morgan fingerprint density at radius 2 is 1.92 bits per heavy atom. The minimum atomic E-state index is -0.189. The van der Waals surface area contributed by atoms with Gasteiger partial charge in [-0.1, -0.05) is 36.4 Å². The van der Waals surface area contributed by atoms with Crippen molar-refractivity contribution in [2.45, 2.75) is 31.9 Å². The summed E-state index contributed by atoms with van der Waals surface area (Å²) < 4.78 is 10.9. The van der Waals surface area contributed by atoms with Crippen LogP contribution in [-0.4, -0.2) is 25.8 Å². The predicted molar refractivity (Wildman–Crippen MR) is 98.1 cm³/mol. The maximum atomic E-state index is 12.3. The van der Waals surface area contributed by atoms with Crippen LogP contribution in [-0.2, 0) is 11.3 Å². The smallest absolute Gasteiger partial charge is 0.319 e. The van der Waals surface area contributed by atoms with E-state index in [1.807, 2.05) is 49.4 Å². The van der Waals surface area contributed by atoms with Crippen LogP contribution in [0.1, 0.15) is 30.4 Å². The first-order valence-electron chi connectivity index (χ1n) is 8.59.